The summed E-state index contributed by atoms with van der Waals surface area (Å²) in [7, 11) is 2.27. The smallest absolute Gasteiger partial charge is 0.0868 e. The van der Waals surface area contributed by atoms with Crippen molar-refractivity contribution in [2.24, 2.45) is 0 Å². The minimum absolute atomic E-state index is 0.614. The maximum absolute atomic E-state index is 8.88. The van der Waals surface area contributed by atoms with Crippen LogP contribution in [0.15, 0.2) is 0 Å². The van der Waals surface area contributed by atoms with E-state index in [0.29, 0.717) is 12.6 Å². The molecular weight excluding hydrogens is 210 g/mol. The van der Waals surface area contributed by atoms with Gasteiger partial charge in [-0.2, -0.15) is 5.26 Å². The molecule has 1 heterocycles. The highest BCUT2D eigenvalue weighted by Gasteiger charge is 2.26. The van der Waals surface area contributed by atoms with Gasteiger partial charge < -0.3 is 4.90 Å². The van der Waals surface area contributed by atoms with E-state index < -0.39 is 0 Å². The van der Waals surface area contributed by atoms with Gasteiger partial charge >= 0.3 is 0 Å². The minimum atomic E-state index is 0.614. The SMILES string of the molecule is CN(CC1CCCCN1CC#N)C1CCCC1. The van der Waals surface area contributed by atoms with Crippen LogP contribution in [-0.2, 0) is 0 Å². The van der Waals surface area contributed by atoms with E-state index >= 15 is 0 Å². The van der Waals surface area contributed by atoms with E-state index in [1.165, 1.54) is 44.9 Å². The Morgan fingerprint density at radius 1 is 1.18 bits per heavy atom. The molecule has 1 unspecified atom stereocenters. The second-order valence-corrected chi connectivity index (χ2v) is 5.66. The number of hydrogen-bond donors (Lipinski definition) is 0. The van der Waals surface area contributed by atoms with Gasteiger partial charge in [-0.3, -0.25) is 4.90 Å². The van der Waals surface area contributed by atoms with Gasteiger partial charge in [0.2, 0.25) is 0 Å². The maximum Gasteiger partial charge on any atom is 0.0868 e. The number of nitriles is 1. The van der Waals surface area contributed by atoms with Gasteiger partial charge in [0.15, 0.2) is 0 Å². The van der Waals surface area contributed by atoms with Crippen LogP contribution in [0.1, 0.15) is 44.9 Å². The Morgan fingerprint density at radius 3 is 2.59 bits per heavy atom. The first-order chi connectivity index (χ1) is 8.31. The fourth-order valence-electron chi connectivity index (χ4n) is 3.39. The van der Waals surface area contributed by atoms with Crippen molar-refractivity contribution in [2.45, 2.75) is 57.0 Å². The summed E-state index contributed by atoms with van der Waals surface area (Å²) in [5.41, 5.74) is 0. The lowest BCUT2D eigenvalue weighted by atomic mass is 10.0. The molecule has 17 heavy (non-hydrogen) atoms. The molecule has 2 rings (SSSR count). The first-order valence-corrected chi connectivity index (χ1v) is 7.12. The number of piperidine rings is 1. The number of likely N-dealkylation sites (N-methyl/N-ethyl adjacent to an activating group) is 1. The Hall–Kier alpha value is -0.590. The lowest BCUT2D eigenvalue weighted by molar-refractivity contribution is 0.110. The van der Waals surface area contributed by atoms with Crippen molar-refractivity contribution in [2.75, 3.05) is 26.7 Å². The molecule has 1 saturated heterocycles. The van der Waals surface area contributed by atoms with Crippen LogP contribution in [0.25, 0.3) is 0 Å². The van der Waals surface area contributed by atoms with E-state index in [0.717, 1.165) is 19.1 Å². The van der Waals surface area contributed by atoms with Crippen molar-refractivity contribution in [3.05, 3.63) is 0 Å². The molecule has 1 atom stereocenters. The van der Waals surface area contributed by atoms with Gasteiger partial charge in [-0.25, -0.2) is 0 Å². The standard InChI is InChI=1S/C14H25N3/c1-16(13-6-2-3-7-13)12-14-8-4-5-10-17(14)11-9-15/h13-14H,2-8,10-12H2,1H3. The van der Waals surface area contributed by atoms with Gasteiger partial charge in [-0.15, -0.1) is 0 Å². The van der Waals surface area contributed by atoms with Crippen molar-refractivity contribution < 1.29 is 0 Å². The second-order valence-electron chi connectivity index (χ2n) is 5.66. The van der Waals surface area contributed by atoms with Crippen LogP contribution in [0, 0.1) is 11.3 Å². The molecular formula is C14H25N3. The average molecular weight is 235 g/mol. The van der Waals surface area contributed by atoms with E-state index in [2.05, 4.69) is 22.9 Å². The highest BCUT2D eigenvalue weighted by atomic mass is 15.2. The Bertz CT molecular complexity index is 265. The molecule has 0 spiro atoms. The number of rotatable bonds is 4. The van der Waals surface area contributed by atoms with Crippen molar-refractivity contribution in [1.29, 1.82) is 5.26 Å². The number of nitrogens with zero attached hydrogens (tertiary/aromatic N) is 3. The van der Waals surface area contributed by atoms with Gasteiger partial charge in [0.05, 0.1) is 12.6 Å². The Labute approximate surface area is 105 Å². The predicted molar refractivity (Wildman–Crippen MR) is 69.7 cm³/mol. The number of likely N-dealkylation sites (tertiary alicyclic amines) is 1. The monoisotopic (exact) mass is 235 g/mol. The summed E-state index contributed by atoms with van der Waals surface area (Å²) in [6.07, 6.45) is 9.45. The zero-order chi connectivity index (χ0) is 12.1. The first-order valence-electron chi connectivity index (χ1n) is 7.12. The molecule has 2 aliphatic rings. The molecule has 3 nitrogen and oxygen atoms in total. The maximum atomic E-state index is 8.88. The van der Waals surface area contributed by atoms with Crippen LogP contribution < -0.4 is 0 Å². The minimum Gasteiger partial charge on any atom is -0.302 e. The van der Waals surface area contributed by atoms with Crippen LogP contribution in [0.5, 0.6) is 0 Å². The quantitative estimate of drug-likeness (QED) is 0.700. The van der Waals surface area contributed by atoms with Crippen molar-refractivity contribution in [1.82, 2.24) is 9.80 Å². The third kappa shape index (κ3) is 3.43. The first kappa shape index (κ1) is 12.9. The van der Waals surface area contributed by atoms with E-state index in [1.807, 2.05) is 0 Å². The molecule has 0 N–H and O–H groups in total. The summed E-state index contributed by atoms with van der Waals surface area (Å²) >= 11 is 0. The summed E-state index contributed by atoms with van der Waals surface area (Å²) in [4.78, 5) is 4.93. The zero-order valence-electron chi connectivity index (χ0n) is 11.1. The molecule has 96 valence electrons. The second kappa shape index (κ2) is 6.37. The third-order valence-electron chi connectivity index (χ3n) is 4.47. The van der Waals surface area contributed by atoms with E-state index in [1.54, 1.807) is 0 Å². The lowest BCUT2D eigenvalue weighted by Crippen LogP contribution is -2.47. The topological polar surface area (TPSA) is 30.3 Å². The molecule has 0 amide bonds. The van der Waals surface area contributed by atoms with Crippen LogP contribution in [0.4, 0.5) is 0 Å². The summed E-state index contributed by atoms with van der Waals surface area (Å²) in [5.74, 6) is 0. The van der Waals surface area contributed by atoms with Gasteiger partial charge in [0, 0.05) is 18.6 Å². The molecule has 0 radical (unpaired) electrons. The van der Waals surface area contributed by atoms with Crippen molar-refractivity contribution in [3.8, 4) is 6.07 Å². The summed E-state index contributed by atoms with van der Waals surface area (Å²) < 4.78 is 0. The van der Waals surface area contributed by atoms with Gasteiger partial charge in [0.1, 0.15) is 0 Å². The summed E-state index contributed by atoms with van der Waals surface area (Å²) in [5, 5.41) is 8.88. The predicted octanol–water partition coefficient (Wildman–Crippen LogP) is 2.24. The van der Waals surface area contributed by atoms with E-state index in [-0.39, 0.29) is 0 Å². The fourth-order valence-corrected chi connectivity index (χ4v) is 3.39. The molecule has 1 aliphatic carbocycles. The zero-order valence-corrected chi connectivity index (χ0v) is 11.1. The summed E-state index contributed by atoms with van der Waals surface area (Å²) in [6, 6.07) is 3.74. The summed E-state index contributed by atoms with van der Waals surface area (Å²) in [6.45, 7) is 2.90. The van der Waals surface area contributed by atoms with Crippen LogP contribution in [0.3, 0.4) is 0 Å². The molecule has 3 heteroatoms. The molecule has 2 fully saturated rings. The Balaban J connectivity index is 1.84. The van der Waals surface area contributed by atoms with Gasteiger partial charge in [-0.1, -0.05) is 19.3 Å². The normalized spacial score (nSPS) is 27.5. The van der Waals surface area contributed by atoms with Crippen LogP contribution in [0.2, 0.25) is 0 Å². The molecule has 1 aliphatic heterocycles. The lowest BCUT2D eigenvalue weighted by Gasteiger charge is -2.38. The average Bonchev–Trinajstić information content (AvgIpc) is 2.85. The van der Waals surface area contributed by atoms with Crippen molar-refractivity contribution >= 4 is 0 Å². The Morgan fingerprint density at radius 2 is 1.88 bits per heavy atom. The molecule has 0 aromatic heterocycles. The van der Waals surface area contributed by atoms with E-state index in [4.69, 9.17) is 5.26 Å². The van der Waals surface area contributed by atoms with Crippen molar-refractivity contribution in [3.63, 3.8) is 0 Å². The van der Waals surface area contributed by atoms with Crippen LogP contribution in [-0.4, -0.2) is 48.6 Å². The molecule has 0 bridgehead atoms. The molecule has 1 saturated carbocycles. The number of hydrogen-bond acceptors (Lipinski definition) is 3. The highest BCUT2D eigenvalue weighted by molar-refractivity contribution is 4.87. The molecule has 0 aromatic carbocycles. The van der Waals surface area contributed by atoms with Gasteiger partial charge in [0.25, 0.3) is 0 Å². The third-order valence-corrected chi connectivity index (χ3v) is 4.47. The van der Waals surface area contributed by atoms with Crippen LogP contribution >= 0.6 is 0 Å². The highest BCUT2D eigenvalue weighted by Crippen LogP contribution is 2.24. The van der Waals surface area contributed by atoms with E-state index in [9.17, 15) is 0 Å². The molecule has 0 aromatic rings. The fraction of sp³-hybridized carbons (Fsp3) is 0.929. The largest absolute Gasteiger partial charge is 0.302 e. The Kier molecular flexibility index (Phi) is 4.82. The van der Waals surface area contributed by atoms with Gasteiger partial charge in [-0.05, 0) is 39.3 Å².